The average molecular weight is 202 g/mol. The van der Waals surface area contributed by atoms with Crippen molar-refractivity contribution in [3.8, 4) is 0 Å². The molecule has 1 aliphatic rings. The molecule has 0 aliphatic carbocycles. The van der Waals surface area contributed by atoms with Crippen LogP contribution in [-0.2, 0) is 4.74 Å². The lowest BCUT2D eigenvalue weighted by atomic mass is 10.1. The third-order valence-electron chi connectivity index (χ3n) is 2.53. The summed E-state index contributed by atoms with van der Waals surface area (Å²) in [6.45, 7) is 7.79. The maximum Gasteiger partial charge on any atom is 0.0824 e. The zero-order valence-electron chi connectivity index (χ0n) is 9.20. The minimum absolute atomic E-state index is 0.172. The first kappa shape index (κ1) is 11.9. The number of ether oxygens (including phenoxy) is 1. The Hall–Kier alpha value is -0.160. The van der Waals surface area contributed by atoms with Crippen molar-refractivity contribution in [2.45, 2.75) is 32.0 Å². The first-order valence-electron chi connectivity index (χ1n) is 5.27. The van der Waals surface area contributed by atoms with Crippen molar-refractivity contribution in [1.29, 1.82) is 0 Å². The number of hydrogen-bond acceptors (Lipinski definition) is 4. The normalized spacial score (nSPS) is 25.3. The first-order chi connectivity index (χ1) is 6.51. The van der Waals surface area contributed by atoms with E-state index < -0.39 is 5.60 Å². The van der Waals surface area contributed by atoms with Crippen molar-refractivity contribution in [3.63, 3.8) is 0 Å². The van der Waals surface area contributed by atoms with E-state index in [1.165, 1.54) is 0 Å². The molecule has 1 saturated heterocycles. The van der Waals surface area contributed by atoms with E-state index in [0.717, 1.165) is 32.7 Å². The fourth-order valence-electron chi connectivity index (χ4n) is 1.56. The SMILES string of the molecule is CC(C)(O)CCN1CCOC(CN)C1. The summed E-state index contributed by atoms with van der Waals surface area (Å²) in [4.78, 5) is 2.30. The molecule has 0 amide bonds. The Kier molecular flexibility index (Phi) is 4.31. The third-order valence-corrected chi connectivity index (χ3v) is 2.53. The van der Waals surface area contributed by atoms with Crippen LogP contribution in [0.5, 0.6) is 0 Å². The van der Waals surface area contributed by atoms with Gasteiger partial charge in [-0.25, -0.2) is 0 Å². The Morgan fingerprint density at radius 3 is 2.86 bits per heavy atom. The van der Waals surface area contributed by atoms with E-state index in [1.807, 2.05) is 13.8 Å². The van der Waals surface area contributed by atoms with Gasteiger partial charge in [-0.3, -0.25) is 4.90 Å². The Balaban J connectivity index is 2.24. The number of morpholine rings is 1. The van der Waals surface area contributed by atoms with E-state index >= 15 is 0 Å². The molecule has 0 saturated carbocycles. The van der Waals surface area contributed by atoms with Crippen LogP contribution in [0, 0.1) is 0 Å². The molecule has 84 valence electrons. The van der Waals surface area contributed by atoms with Gasteiger partial charge in [0.1, 0.15) is 0 Å². The Morgan fingerprint density at radius 1 is 1.57 bits per heavy atom. The van der Waals surface area contributed by atoms with Gasteiger partial charge >= 0.3 is 0 Å². The van der Waals surface area contributed by atoms with Gasteiger partial charge in [-0.05, 0) is 20.3 Å². The van der Waals surface area contributed by atoms with Gasteiger partial charge in [0.25, 0.3) is 0 Å². The van der Waals surface area contributed by atoms with Crippen LogP contribution in [0.2, 0.25) is 0 Å². The van der Waals surface area contributed by atoms with Crippen molar-refractivity contribution in [1.82, 2.24) is 4.90 Å². The molecule has 1 unspecified atom stereocenters. The van der Waals surface area contributed by atoms with Gasteiger partial charge in [-0.1, -0.05) is 0 Å². The molecule has 0 bridgehead atoms. The Bertz CT molecular complexity index is 168. The predicted molar refractivity (Wildman–Crippen MR) is 56.1 cm³/mol. The molecule has 1 heterocycles. The summed E-state index contributed by atoms with van der Waals surface area (Å²) in [6, 6.07) is 0. The molecule has 1 fully saturated rings. The van der Waals surface area contributed by atoms with Crippen molar-refractivity contribution in [3.05, 3.63) is 0 Å². The molecule has 4 heteroatoms. The lowest BCUT2D eigenvalue weighted by Crippen LogP contribution is -2.46. The molecular weight excluding hydrogens is 180 g/mol. The van der Waals surface area contributed by atoms with Gasteiger partial charge in [-0.2, -0.15) is 0 Å². The van der Waals surface area contributed by atoms with Gasteiger partial charge in [0.05, 0.1) is 18.3 Å². The lowest BCUT2D eigenvalue weighted by molar-refractivity contribution is -0.0320. The van der Waals surface area contributed by atoms with E-state index in [9.17, 15) is 5.11 Å². The van der Waals surface area contributed by atoms with Gasteiger partial charge in [0.2, 0.25) is 0 Å². The number of rotatable bonds is 4. The maximum atomic E-state index is 9.59. The van der Waals surface area contributed by atoms with Crippen molar-refractivity contribution >= 4 is 0 Å². The first-order valence-corrected chi connectivity index (χ1v) is 5.27. The smallest absolute Gasteiger partial charge is 0.0824 e. The second-order valence-corrected chi connectivity index (χ2v) is 4.59. The van der Waals surface area contributed by atoms with E-state index in [0.29, 0.717) is 6.54 Å². The number of nitrogens with two attached hydrogens (primary N) is 1. The van der Waals surface area contributed by atoms with Crippen molar-refractivity contribution in [2.75, 3.05) is 32.8 Å². The second kappa shape index (κ2) is 5.07. The highest BCUT2D eigenvalue weighted by molar-refractivity contribution is 4.75. The van der Waals surface area contributed by atoms with Gasteiger partial charge < -0.3 is 15.6 Å². The summed E-state index contributed by atoms with van der Waals surface area (Å²) in [7, 11) is 0. The van der Waals surface area contributed by atoms with Crippen LogP contribution in [0.25, 0.3) is 0 Å². The zero-order valence-corrected chi connectivity index (χ0v) is 9.20. The average Bonchev–Trinajstić information content (AvgIpc) is 2.14. The van der Waals surface area contributed by atoms with Crippen LogP contribution in [-0.4, -0.2) is 54.5 Å². The number of nitrogens with zero attached hydrogens (tertiary/aromatic N) is 1. The van der Waals surface area contributed by atoms with Crippen LogP contribution in [0.4, 0.5) is 0 Å². The van der Waals surface area contributed by atoms with Crippen LogP contribution >= 0.6 is 0 Å². The second-order valence-electron chi connectivity index (χ2n) is 4.59. The van der Waals surface area contributed by atoms with Crippen molar-refractivity contribution in [2.24, 2.45) is 5.73 Å². The van der Waals surface area contributed by atoms with Gasteiger partial charge in [-0.15, -0.1) is 0 Å². The highest BCUT2D eigenvalue weighted by Crippen LogP contribution is 2.11. The van der Waals surface area contributed by atoms with E-state index in [1.54, 1.807) is 0 Å². The fraction of sp³-hybridized carbons (Fsp3) is 1.00. The lowest BCUT2D eigenvalue weighted by Gasteiger charge is -2.33. The Morgan fingerprint density at radius 2 is 2.29 bits per heavy atom. The Labute approximate surface area is 86.0 Å². The van der Waals surface area contributed by atoms with Crippen LogP contribution < -0.4 is 5.73 Å². The molecule has 0 radical (unpaired) electrons. The molecule has 0 aromatic rings. The van der Waals surface area contributed by atoms with Crippen LogP contribution in [0.3, 0.4) is 0 Å². The highest BCUT2D eigenvalue weighted by Gasteiger charge is 2.21. The standard InChI is InChI=1S/C10H22N2O2/c1-10(2,13)3-4-12-5-6-14-9(7-11)8-12/h9,13H,3-8,11H2,1-2H3. The van der Waals surface area contributed by atoms with Gasteiger partial charge in [0.15, 0.2) is 0 Å². The molecule has 0 spiro atoms. The summed E-state index contributed by atoms with van der Waals surface area (Å²) in [6.07, 6.45) is 0.968. The summed E-state index contributed by atoms with van der Waals surface area (Å²) in [5, 5.41) is 9.59. The molecule has 0 aromatic heterocycles. The molecule has 1 rings (SSSR count). The topological polar surface area (TPSA) is 58.7 Å². The molecule has 0 aromatic carbocycles. The maximum absolute atomic E-state index is 9.59. The van der Waals surface area contributed by atoms with Crippen molar-refractivity contribution < 1.29 is 9.84 Å². The van der Waals surface area contributed by atoms with Crippen LogP contribution in [0.1, 0.15) is 20.3 Å². The molecular formula is C10H22N2O2. The summed E-state index contributed by atoms with van der Waals surface area (Å²) < 4.78 is 5.46. The zero-order chi connectivity index (χ0) is 10.6. The quantitative estimate of drug-likeness (QED) is 0.663. The predicted octanol–water partition coefficient (Wildman–Crippen LogP) is -0.193. The summed E-state index contributed by atoms with van der Waals surface area (Å²) in [5.41, 5.74) is 4.97. The molecule has 1 aliphatic heterocycles. The minimum Gasteiger partial charge on any atom is -0.390 e. The summed E-state index contributed by atoms with van der Waals surface area (Å²) >= 11 is 0. The minimum atomic E-state index is -0.573. The van der Waals surface area contributed by atoms with E-state index in [-0.39, 0.29) is 6.10 Å². The van der Waals surface area contributed by atoms with E-state index in [2.05, 4.69) is 4.90 Å². The van der Waals surface area contributed by atoms with Gasteiger partial charge in [0, 0.05) is 26.2 Å². The highest BCUT2D eigenvalue weighted by atomic mass is 16.5. The molecule has 3 N–H and O–H groups in total. The van der Waals surface area contributed by atoms with E-state index in [4.69, 9.17) is 10.5 Å². The fourth-order valence-corrected chi connectivity index (χ4v) is 1.56. The molecule has 4 nitrogen and oxygen atoms in total. The largest absolute Gasteiger partial charge is 0.390 e. The molecule has 14 heavy (non-hydrogen) atoms. The number of aliphatic hydroxyl groups is 1. The third kappa shape index (κ3) is 4.37. The number of hydrogen-bond donors (Lipinski definition) is 2. The summed E-state index contributed by atoms with van der Waals surface area (Å²) in [5.74, 6) is 0. The van der Waals surface area contributed by atoms with Crippen LogP contribution in [0.15, 0.2) is 0 Å². The monoisotopic (exact) mass is 202 g/mol. The molecule has 1 atom stereocenters.